The summed E-state index contributed by atoms with van der Waals surface area (Å²) in [5.74, 6) is -0.831. The summed E-state index contributed by atoms with van der Waals surface area (Å²) in [4.78, 5) is 15.0. The number of carbonyl (C=O) groups is 1. The van der Waals surface area contributed by atoms with Crippen molar-refractivity contribution in [1.82, 2.24) is 10.3 Å². The third kappa shape index (κ3) is 5.33. The molecule has 0 aliphatic heterocycles. The molecule has 1 aromatic heterocycles. The number of nitrogens with zero attached hydrogens (tertiary/aromatic N) is 1. The van der Waals surface area contributed by atoms with Gasteiger partial charge in [-0.25, -0.2) is 4.98 Å². The van der Waals surface area contributed by atoms with Crippen LogP contribution >= 0.6 is 15.9 Å². The molecule has 1 heterocycles. The van der Waals surface area contributed by atoms with E-state index in [1.807, 2.05) is 0 Å². The van der Waals surface area contributed by atoms with Crippen LogP contribution in [0, 0.1) is 0 Å². The number of nitrogens with one attached hydrogen (secondary N) is 2. The zero-order valence-corrected chi connectivity index (χ0v) is 12.1. The summed E-state index contributed by atoms with van der Waals surface area (Å²) in [5.41, 5.74) is -0.934. The Labute approximate surface area is 122 Å². The third-order valence-electron chi connectivity index (χ3n) is 2.20. The van der Waals surface area contributed by atoms with Gasteiger partial charge >= 0.3 is 6.18 Å². The van der Waals surface area contributed by atoms with Crippen molar-refractivity contribution in [1.29, 1.82) is 0 Å². The number of ether oxygens (including phenoxy) is 1. The molecule has 0 fully saturated rings. The molecule has 0 radical (unpaired) electrons. The molecule has 5 nitrogen and oxygen atoms in total. The van der Waals surface area contributed by atoms with Gasteiger partial charge in [0, 0.05) is 24.3 Å². The number of aromatic nitrogens is 1. The van der Waals surface area contributed by atoms with Crippen molar-refractivity contribution in [3.05, 3.63) is 22.3 Å². The van der Waals surface area contributed by atoms with Crippen LogP contribution in [0.2, 0.25) is 0 Å². The van der Waals surface area contributed by atoms with Gasteiger partial charge in [-0.2, -0.15) is 13.2 Å². The van der Waals surface area contributed by atoms with Crippen LogP contribution in [0.25, 0.3) is 0 Å². The predicted molar refractivity (Wildman–Crippen MR) is 70.3 cm³/mol. The first-order valence-corrected chi connectivity index (χ1v) is 6.36. The van der Waals surface area contributed by atoms with E-state index in [-0.39, 0.29) is 23.4 Å². The van der Waals surface area contributed by atoms with Crippen LogP contribution in [-0.2, 0) is 15.7 Å². The van der Waals surface area contributed by atoms with E-state index < -0.39 is 17.6 Å². The molecule has 0 spiro atoms. The van der Waals surface area contributed by atoms with Crippen molar-refractivity contribution >= 4 is 27.7 Å². The first-order chi connectivity index (χ1) is 9.34. The number of hydrogen-bond acceptors (Lipinski definition) is 4. The molecule has 112 valence electrons. The van der Waals surface area contributed by atoms with Crippen LogP contribution in [-0.4, -0.2) is 37.7 Å². The molecule has 0 aliphatic rings. The number of pyridine rings is 1. The van der Waals surface area contributed by atoms with Gasteiger partial charge in [-0.15, -0.1) is 0 Å². The normalized spacial score (nSPS) is 11.2. The zero-order valence-electron chi connectivity index (χ0n) is 10.6. The fraction of sp³-hybridized carbons (Fsp3) is 0.455. The molecule has 0 unspecified atom stereocenters. The van der Waals surface area contributed by atoms with E-state index in [4.69, 9.17) is 4.74 Å². The van der Waals surface area contributed by atoms with Gasteiger partial charge in [0.15, 0.2) is 0 Å². The molecule has 0 aliphatic carbocycles. The summed E-state index contributed by atoms with van der Waals surface area (Å²) in [6, 6.07) is 0.901. The van der Waals surface area contributed by atoms with Crippen LogP contribution in [0.5, 0.6) is 0 Å². The maximum absolute atomic E-state index is 12.8. The molecule has 1 amide bonds. The summed E-state index contributed by atoms with van der Waals surface area (Å²) in [7, 11) is 1.48. The second kappa shape index (κ2) is 7.44. The van der Waals surface area contributed by atoms with E-state index in [1.54, 1.807) is 0 Å². The van der Waals surface area contributed by atoms with Gasteiger partial charge in [-0.05, 0) is 22.0 Å². The molecule has 1 aromatic rings. The van der Waals surface area contributed by atoms with E-state index in [2.05, 4.69) is 31.5 Å². The fourth-order valence-corrected chi connectivity index (χ4v) is 1.65. The maximum Gasteiger partial charge on any atom is 0.419 e. The summed E-state index contributed by atoms with van der Waals surface area (Å²) < 4.78 is 43.3. The van der Waals surface area contributed by atoms with Crippen LogP contribution in [0.4, 0.5) is 19.0 Å². The summed E-state index contributed by atoms with van der Waals surface area (Å²) in [5, 5.41) is 4.85. The molecule has 0 aromatic carbocycles. The fourth-order valence-electron chi connectivity index (χ4n) is 1.32. The number of carbonyl (C=O) groups excluding carboxylic acids is 1. The van der Waals surface area contributed by atoms with E-state index in [9.17, 15) is 18.0 Å². The lowest BCUT2D eigenvalue weighted by Crippen LogP contribution is -2.32. The highest BCUT2D eigenvalue weighted by molar-refractivity contribution is 9.10. The van der Waals surface area contributed by atoms with Gasteiger partial charge in [0.05, 0.1) is 18.7 Å². The topological polar surface area (TPSA) is 63.2 Å². The first kappa shape index (κ1) is 16.7. The SMILES string of the molecule is COCCNC(=O)CNc1ncc(Br)cc1C(F)(F)F. The van der Waals surface area contributed by atoms with Crippen molar-refractivity contribution in [2.24, 2.45) is 0 Å². The Morgan fingerprint density at radius 1 is 1.50 bits per heavy atom. The third-order valence-corrected chi connectivity index (χ3v) is 2.64. The van der Waals surface area contributed by atoms with Crippen LogP contribution in [0.15, 0.2) is 16.7 Å². The molecule has 0 saturated heterocycles. The molecule has 9 heteroatoms. The number of methoxy groups -OCH3 is 1. The maximum atomic E-state index is 12.8. The number of halogens is 4. The Morgan fingerprint density at radius 2 is 2.20 bits per heavy atom. The smallest absolute Gasteiger partial charge is 0.383 e. The number of hydrogen-bond donors (Lipinski definition) is 2. The molecule has 0 saturated carbocycles. The Kier molecular flexibility index (Phi) is 6.21. The second-order valence-electron chi connectivity index (χ2n) is 3.74. The Bertz CT molecular complexity index is 469. The van der Waals surface area contributed by atoms with E-state index in [0.717, 1.165) is 6.07 Å². The second-order valence-corrected chi connectivity index (χ2v) is 4.66. The van der Waals surface area contributed by atoms with Gasteiger partial charge < -0.3 is 15.4 Å². The van der Waals surface area contributed by atoms with Crippen LogP contribution in [0.3, 0.4) is 0 Å². The molecule has 1 rings (SSSR count). The number of rotatable bonds is 6. The van der Waals surface area contributed by atoms with Crippen molar-refractivity contribution in [3.8, 4) is 0 Å². The predicted octanol–water partition coefficient (Wildman–Crippen LogP) is 2.04. The lowest BCUT2D eigenvalue weighted by atomic mass is 10.2. The average Bonchev–Trinajstić information content (AvgIpc) is 2.36. The quantitative estimate of drug-likeness (QED) is 0.766. The van der Waals surface area contributed by atoms with Crippen molar-refractivity contribution in [2.45, 2.75) is 6.18 Å². The van der Waals surface area contributed by atoms with E-state index in [0.29, 0.717) is 6.61 Å². The lowest BCUT2D eigenvalue weighted by Gasteiger charge is -2.13. The van der Waals surface area contributed by atoms with Crippen molar-refractivity contribution in [2.75, 3.05) is 32.1 Å². The minimum atomic E-state index is -4.55. The Balaban J connectivity index is 2.66. The minimum Gasteiger partial charge on any atom is -0.383 e. The summed E-state index contributed by atoms with van der Waals surface area (Å²) in [6.45, 7) is 0.314. The van der Waals surface area contributed by atoms with Crippen molar-refractivity contribution < 1.29 is 22.7 Å². The van der Waals surface area contributed by atoms with Crippen LogP contribution < -0.4 is 10.6 Å². The summed E-state index contributed by atoms with van der Waals surface area (Å²) >= 11 is 2.93. The highest BCUT2D eigenvalue weighted by atomic mass is 79.9. The monoisotopic (exact) mass is 355 g/mol. The number of anilines is 1. The van der Waals surface area contributed by atoms with Gasteiger partial charge in [0.25, 0.3) is 0 Å². The molecule has 20 heavy (non-hydrogen) atoms. The largest absolute Gasteiger partial charge is 0.419 e. The molecular weight excluding hydrogens is 343 g/mol. The van der Waals surface area contributed by atoms with E-state index in [1.165, 1.54) is 13.3 Å². The van der Waals surface area contributed by atoms with Gasteiger partial charge in [-0.3, -0.25) is 4.79 Å². The Morgan fingerprint density at radius 3 is 2.80 bits per heavy atom. The minimum absolute atomic E-state index is 0.208. The average molecular weight is 356 g/mol. The molecular formula is C11H13BrF3N3O2. The molecule has 0 bridgehead atoms. The lowest BCUT2D eigenvalue weighted by molar-refractivity contribution is -0.137. The van der Waals surface area contributed by atoms with Crippen LogP contribution in [0.1, 0.15) is 5.56 Å². The highest BCUT2D eigenvalue weighted by Crippen LogP contribution is 2.35. The van der Waals surface area contributed by atoms with Gasteiger partial charge in [0.1, 0.15) is 5.82 Å². The number of alkyl halides is 3. The summed E-state index contributed by atoms with van der Waals surface area (Å²) in [6.07, 6.45) is -3.33. The number of amides is 1. The van der Waals surface area contributed by atoms with E-state index >= 15 is 0 Å². The van der Waals surface area contributed by atoms with Gasteiger partial charge in [0.2, 0.25) is 5.91 Å². The first-order valence-electron chi connectivity index (χ1n) is 5.57. The highest BCUT2D eigenvalue weighted by Gasteiger charge is 2.34. The molecule has 2 N–H and O–H groups in total. The standard InChI is InChI=1S/C11H13BrF3N3O2/c1-20-3-2-16-9(19)6-18-10-8(11(13,14)15)4-7(12)5-17-10/h4-5H,2-3,6H2,1H3,(H,16,19)(H,17,18). The van der Waals surface area contributed by atoms with Gasteiger partial charge in [-0.1, -0.05) is 0 Å². The van der Waals surface area contributed by atoms with Crippen molar-refractivity contribution in [3.63, 3.8) is 0 Å². The zero-order chi connectivity index (χ0) is 15.2. The Hall–Kier alpha value is -1.35. The molecule has 0 atom stereocenters.